The zero-order valence-electron chi connectivity index (χ0n) is 17.5. The van der Waals surface area contributed by atoms with Gasteiger partial charge in [0.1, 0.15) is 6.61 Å². The highest BCUT2D eigenvalue weighted by Crippen LogP contribution is 2.31. The molecular weight excluding hydrogens is 529 g/mol. The molecule has 0 saturated carbocycles. The van der Waals surface area contributed by atoms with Crippen LogP contribution in [-0.4, -0.2) is 18.5 Å². The van der Waals surface area contributed by atoms with Crippen molar-refractivity contribution in [3.63, 3.8) is 0 Å². The van der Waals surface area contributed by atoms with Crippen molar-refractivity contribution in [3.05, 3.63) is 97.6 Å². The molecule has 5 nitrogen and oxygen atoms in total. The minimum atomic E-state index is -0.551. The summed E-state index contributed by atoms with van der Waals surface area (Å²) < 4.78 is 18.0. The van der Waals surface area contributed by atoms with Gasteiger partial charge in [-0.15, -0.1) is 0 Å². The topological polar surface area (TPSA) is 57.1 Å². The van der Waals surface area contributed by atoms with Crippen LogP contribution in [0.15, 0.2) is 75.8 Å². The predicted molar refractivity (Wildman–Crippen MR) is 133 cm³/mol. The molecule has 0 bridgehead atoms. The fraction of sp³-hybridized carbons (Fsp3) is 0.120. The molecule has 0 spiro atoms. The van der Waals surface area contributed by atoms with Gasteiger partial charge in [-0.3, -0.25) is 0 Å². The molecule has 0 saturated heterocycles. The fourth-order valence-corrected chi connectivity index (χ4v) is 3.63. The number of hydrogen-bond donors (Lipinski definition) is 0. The second-order valence-corrected chi connectivity index (χ2v) is 8.75. The van der Waals surface area contributed by atoms with E-state index in [4.69, 9.17) is 37.4 Å². The molecule has 168 valence electrons. The van der Waals surface area contributed by atoms with Crippen molar-refractivity contribution < 1.29 is 19.0 Å². The number of carbonyl (C=O) groups excluding carboxylic acids is 1. The van der Waals surface area contributed by atoms with Gasteiger partial charge in [-0.2, -0.15) is 0 Å². The zero-order valence-corrected chi connectivity index (χ0v) is 20.6. The monoisotopic (exact) mass is 545 g/mol. The lowest BCUT2D eigenvalue weighted by molar-refractivity contribution is -0.129. The lowest BCUT2D eigenvalue weighted by Crippen LogP contribution is -2.05. The first-order valence-corrected chi connectivity index (χ1v) is 11.6. The van der Waals surface area contributed by atoms with Gasteiger partial charge in [0.25, 0.3) is 0 Å². The Morgan fingerprint density at radius 2 is 1.76 bits per heavy atom. The SMILES string of the molecule is CCOc1cc(/C=C2\N=C(c3ccc(Cl)c(Cl)c3)OC2=O)ccc1OCc1ccc(Br)cc1. The summed E-state index contributed by atoms with van der Waals surface area (Å²) in [7, 11) is 0. The lowest BCUT2D eigenvalue weighted by Gasteiger charge is -2.13. The largest absolute Gasteiger partial charge is 0.490 e. The molecule has 1 aliphatic heterocycles. The van der Waals surface area contributed by atoms with E-state index in [1.807, 2.05) is 37.3 Å². The van der Waals surface area contributed by atoms with Gasteiger partial charge in [-0.1, -0.05) is 57.3 Å². The van der Waals surface area contributed by atoms with E-state index in [2.05, 4.69) is 20.9 Å². The summed E-state index contributed by atoms with van der Waals surface area (Å²) in [6.07, 6.45) is 1.63. The van der Waals surface area contributed by atoms with Crippen LogP contribution >= 0.6 is 39.1 Å². The van der Waals surface area contributed by atoms with Gasteiger partial charge in [-0.05, 0) is 66.6 Å². The molecule has 0 unspecified atom stereocenters. The van der Waals surface area contributed by atoms with Crippen molar-refractivity contribution in [1.82, 2.24) is 0 Å². The Morgan fingerprint density at radius 3 is 2.48 bits per heavy atom. The Bertz CT molecular complexity index is 1260. The number of cyclic esters (lactones) is 1. The second-order valence-electron chi connectivity index (χ2n) is 7.02. The maximum atomic E-state index is 12.4. The molecular formula is C25H18BrCl2NO4. The summed E-state index contributed by atoms with van der Waals surface area (Å²) >= 11 is 15.4. The van der Waals surface area contributed by atoms with Crippen LogP contribution in [0.25, 0.3) is 6.08 Å². The molecule has 0 atom stereocenters. The molecule has 0 aromatic heterocycles. The van der Waals surface area contributed by atoms with E-state index in [9.17, 15) is 4.79 Å². The lowest BCUT2D eigenvalue weighted by atomic mass is 10.1. The third kappa shape index (κ3) is 5.77. The van der Waals surface area contributed by atoms with Gasteiger partial charge < -0.3 is 14.2 Å². The Kier molecular flexibility index (Phi) is 7.38. The summed E-state index contributed by atoms with van der Waals surface area (Å²) in [6.45, 7) is 2.76. The highest BCUT2D eigenvalue weighted by molar-refractivity contribution is 9.10. The Hall–Kier alpha value is -2.80. The first kappa shape index (κ1) is 23.4. The average Bonchev–Trinajstić information content (AvgIpc) is 3.16. The van der Waals surface area contributed by atoms with Gasteiger partial charge in [0, 0.05) is 10.0 Å². The number of benzene rings is 3. The molecule has 1 aliphatic rings. The molecule has 0 aliphatic carbocycles. The number of halogens is 3. The van der Waals surface area contributed by atoms with Crippen molar-refractivity contribution in [3.8, 4) is 11.5 Å². The van der Waals surface area contributed by atoms with E-state index in [0.717, 1.165) is 15.6 Å². The highest BCUT2D eigenvalue weighted by Gasteiger charge is 2.24. The van der Waals surface area contributed by atoms with Crippen molar-refractivity contribution in [1.29, 1.82) is 0 Å². The average molecular weight is 547 g/mol. The molecule has 8 heteroatoms. The van der Waals surface area contributed by atoms with E-state index >= 15 is 0 Å². The van der Waals surface area contributed by atoms with Crippen LogP contribution in [-0.2, 0) is 16.1 Å². The van der Waals surface area contributed by atoms with Crippen LogP contribution in [0.4, 0.5) is 0 Å². The predicted octanol–water partition coefficient (Wildman–Crippen LogP) is 7.08. The van der Waals surface area contributed by atoms with Crippen molar-refractivity contribution >= 4 is 57.1 Å². The molecule has 4 rings (SSSR count). The number of rotatable bonds is 7. The molecule has 0 fully saturated rings. The van der Waals surface area contributed by atoms with Crippen molar-refractivity contribution in [2.24, 2.45) is 4.99 Å². The van der Waals surface area contributed by atoms with Crippen LogP contribution in [0.3, 0.4) is 0 Å². The molecule has 33 heavy (non-hydrogen) atoms. The summed E-state index contributed by atoms with van der Waals surface area (Å²) in [5.74, 6) is 0.800. The first-order valence-electron chi connectivity index (χ1n) is 10.0. The van der Waals surface area contributed by atoms with E-state index in [0.29, 0.717) is 40.3 Å². The number of aliphatic imine (C=N–C) groups is 1. The fourth-order valence-electron chi connectivity index (χ4n) is 3.06. The number of hydrogen-bond acceptors (Lipinski definition) is 5. The Balaban J connectivity index is 1.56. The normalized spacial score (nSPS) is 14.2. The number of nitrogens with zero attached hydrogens (tertiary/aromatic N) is 1. The van der Waals surface area contributed by atoms with Crippen LogP contribution in [0.5, 0.6) is 11.5 Å². The van der Waals surface area contributed by atoms with Crippen molar-refractivity contribution in [2.45, 2.75) is 13.5 Å². The standard InChI is InChI=1S/C25H18BrCl2NO4/c1-2-31-23-12-16(5-10-22(23)32-14-15-3-7-18(26)8-4-15)11-21-25(30)33-24(29-21)17-6-9-19(27)20(28)13-17/h3-13H,2,14H2,1H3/b21-11-. The van der Waals surface area contributed by atoms with E-state index in [1.165, 1.54) is 0 Å². The quantitative estimate of drug-likeness (QED) is 0.235. The van der Waals surface area contributed by atoms with Gasteiger partial charge in [0.15, 0.2) is 17.2 Å². The van der Waals surface area contributed by atoms with Gasteiger partial charge in [0.2, 0.25) is 5.90 Å². The van der Waals surface area contributed by atoms with E-state index in [1.54, 1.807) is 36.4 Å². The third-order valence-electron chi connectivity index (χ3n) is 4.67. The maximum absolute atomic E-state index is 12.4. The molecule has 3 aromatic carbocycles. The molecule has 1 heterocycles. The summed E-state index contributed by atoms with van der Waals surface area (Å²) in [5.41, 5.74) is 2.49. The summed E-state index contributed by atoms with van der Waals surface area (Å²) in [5, 5.41) is 0.762. The molecule has 0 N–H and O–H groups in total. The minimum Gasteiger partial charge on any atom is -0.490 e. The van der Waals surface area contributed by atoms with Gasteiger partial charge in [-0.25, -0.2) is 9.79 Å². The molecule has 0 amide bonds. The second kappa shape index (κ2) is 10.4. The van der Waals surface area contributed by atoms with E-state index < -0.39 is 5.97 Å². The molecule has 0 radical (unpaired) electrons. The summed E-state index contributed by atoms with van der Waals surface area (Å²) in [4.78, 5) is 16.7. The molecule has 3 aromatic rings. The van der Waals surface area contributed by atoms with Crippen LogP contribution in [0, 0.1) is 0 Å². The Morgan fingerprint density at radius 1 is 0.970 bits per heavy atom. The first-order chi connectivity index (χ1) is 15.9. The van der Waals surface area contributed by atoms with Crippen LogP contribution in [0.1, 0.15) is 23.6 Å². The van der Waals surface area contributed by atoms with Crippen LogP contribution in [0.2, 0.25) is 10.0 Å². The van der Waals surface area contributed by atoms with Crippen LogP contribution < -0.4 is 9.47 Å². The maximum Gasteiger partial charge on any atom is 0.363 e. The van der Waals surface area contributed by atoms with Crippen molar-refractivity contribution in [2.75, 3.05) is 6.61 Å². The number of carbonyl (C=O) groups is 1. The minimum absolute atomic E-state index is 0.169. The highest BCUT2D eigenvalue weighted by atomic mass is 79.9. The van der Waals surface area contributed by atoms with Gasteiger partial charge >= 0.3 is 5.97 Å². The third-order valence-corrected chi connectivity index (χ3v) is 5.93. The number of ether oxygens (including phenoxy) is 3. The van der Waals surface area contributed by atoms with Gasteiger partial charge in [0.05, 0.1) is 16.7 Å². The van der Waals surface area contributed by atoms with E-state index in [-0.39, 0.29) is 11.6 Å². The summed E-state index contributed by atoms with van der Waals surface area (Å²) in [6, 6.07) is 18.2. The Labute approximate surface area is 209 Å². The smallest absolute Gasteiger partial charge is 0.363 e. The number of esters is 1. The zero-order chi connectivity index (χ0) is 23.4.